The molecule has 117 heavy (non-hydrogen) atoms. The van der Waals surface area contributed by atoms with Crippen molar-refractivity contribution in [3.8, 4) is 0 Å². The van der Waals surface area contributed by atoms with Gasteiger partial charge in [0, 0.05) is 53.2 Å². The van der Waals surface area contributed by atoms with E-state index < -0.39 is 29.6 Å². The van der Waals surface area contributed by atoms with Crippen LogP contribution in [0.5, 0.6) is 0 Å². The molecule has 0 aromatic carbocycles. The summed E-state index contributed by atoms with van der Waals surface area (Å²) in [5.74, 6) is 4.39. The molecule has 18 nitrogen and oxygen atoms in total. The van der Waals surface area contributed by atoms with Gasteiger partial charge in [0.05, 0.1) is 54.7 Å². The second-order valence-electron chi connectivity index (χ2n) is 40.4. The van der Waals surface area contributed by atoms with E-state index in [4.69, 9.17) is 23.7 Å². The second kappa shape index (κ2) is 36.7. The van der Waals surface area contributed by atoms with E-state index in [1.165, 1.54) is 27.9 Å². The van der Waals surface area contributed by atoms with E-state index in [-0.39, 0.29) is 118 Å². The fourth-order valence-corrected chi connectivity index (χ4v) is 26.2. The Kier molecular flexibility index (Phi) is 28.6. The highest BCUT2D eigenvalue weighted by Gasteiger charge is 2.60. The molecular weight excluding hydrogens is 1480 g/mol. The highest BCUT2D eigenvalue weighted by atomic mass is 16.6. The first kappa shape index (κ1) is 91.3. The van der Waals surface area contributed by atoms with Crippen molar-refractivity contribution >= 4 is 47.7 Å². The molecule has 10 saturated carbocycles. The minimum absolute atomic E-state index is 0.0422. The van der Waals surface area contributed by atoms with Crippen LogP contribution in [-0.2, 0) is 62.0 Å². The number of ether oxygens (including phenoxy) is 5. The molecule has 10 aliphatic carbocycles. The maximum Gasteiger partial charge on any atom is 0.336 e. The molecule has 1 unspecified atom stereocenters. The summed E-state index contributed by atoms with van der Waals surface area (Å²) in [6, 6.07) is 0. The van der Waals surface area contributed by atoms with Crippen LogP contribution in [0.3, 0.4) is 0 Å². The van der Waals surface area contributed by atoms with Gasteiger partial charge in [0.1, 0.15) is 43.3 Å². The van der Waals surface area contributed by atoms with Crippen molar-refractivity contribution in [2.24, 2.45) is 133 Å². The lowest BCUT2D eigenvalue weighted by Gasteiger charge is -2.56. The van der Waals surface area contributed by atoms with Gasteiger partial charge in [-0.25, -0.2) is 24.0 Å². The molecule has 5 N–H and O–H groups in total. The zero-order chi connectivity index (χ0) is 85.5. The molecule has 0 aromatic heterocycles. The number of hydrogen-bond acceptors (Lipinski definition) is 18. The Morgan fingerprint density at radius 2 is 0.615 bits per heavy atom. The fourth-order valence-electron chi connectivity index (χ4n) is 26.2. The molecular formula is C99H142O18. The summed E-state index contributed by atoms with van der Waals surface area (Å²) in [6.07, 6.45) is 31.1. The Morgan fingerprint density at radius 1 is 0.342 bits per heavy atom. The summed E-state index contributed by atoms with van der Waals surface area (Å²) in [6.45, 7) is 51.2. The summed E-state index contributed by atoms with van der Waals surface area (Å²) >= 11 is 0. The largest absolute Gasteiger partial charge is 0.462 e. The summed E-state index contributed by atoms with van der Waals surface area (Å²) in [5.41, 5.74) is 9.00. The molecule has 0 amide bonds. The first-order valence-electron chi connectivity index (χ1n) is 44.8. The Labute approximate surface area is 697 Å². The average Bonchev–Trinajstić information content (AvgIpc) is 1.27. The summed E-state index contributed by atoms with van der Waals surface area (Å²) < 4.78 is 25.2. The number of Topliss-reactive ketones (excluding diaryl/α,β-unsaturated/α-hetero) is 2. The molecule has 15 aliphatic rings. The van der Waals surface area contributed by atoms with Crippen LogP contribution < -0.4 is 0 Å². The zero-order valence-electron chi connectivity index (χ0n) is 73.0. The van der Waals surface area contributed by atoms with Crippen LogP contribution in [0.1, 0.15) is 251 Å². The third-order valence-electron chi connectivity index (χ3n) is 34.1. The van der Waals surface area contributed by atoms with Gasteiger partial charge in [-0.2, -0.15) is 0 Å². The molecule has 0 radical (unpaired) electrons. The summed E-state index contributed by atoms with van der Waals surface area (Å²) in [5, 5.41) is 50.4. The van der Waals surface area contributed by atoms with Crippen LogP contribution in [0.4, 0.5) is 0 Å². The highest BCUT2D eigenvalue weighted by molar-refractivity contribution is 5.99. The smallest absolute Gasteiger partial charge is 0.336 e. The third-order valence-corrected chi connectivity index (χ3v) is 34.1. The van der Waals surface area contributed by atoms with Crippen LogP contribution >= 0.6 is 0 Å². The van der Waals surface area contributed by atoms with Gasteiger partial charge >= 0.3 is 29.8 Å². The van der Waals surface area contributed by atoms with Gasteiger partial charge in [0.25, 0.3) is 0 Å². The van der Waals surface area contributed by atoms with Gasteiger partial charge in [0.2, 0.25) is 0 Å². The standard InChI is InChI=1S/C21H28O4.C20H30O3.C20H28O3.2C19H28O4/c1-13-5-8-17-20(3,10-9-18(23)21(17,4)12-22)16(13)7-6-15-14(2)11-25-19(15)24;2*1-12-5-7-17-14(3)18(21)9-10-20(17,4)16(12)8-6-15-13(2)11-23-19(15)22;2*1-11-4-6-15-12(2)16(20)8-9-19(15,3)14(11)7-5-13-17(21)10-23-18(13)22/h6,12,14,16-17H,1,5,7-11H2,2-4H3;6,13-14,16-18,21H,1,5,7-11H2,2-4H3;6,13-14,16-17H,1,5,7-11H2,2-4H3;2*5,12,14-17,20-21H,1,4,6-10H2,2-3H3/b3*15-6+;2*13-5+/t14-,16-,17+,20+,21+;13-,14-,16-,17-,18?,20+;13-,14-,16-,17-,20+;12-,14-,15-,16+,17-,19+;12-,14-,15-,16-,17-,19+/m11111/s1. The molecule has 646 valence electrons. The molecule has 0 aromatic rings. The lowest BCUT2D eigenvalue weighted by atomic mass is 9.46. The minimum atomic E-state index is -0.890. The van der Waals surface area contributed by atoms with Crippen LogP contribution in [0, 0.1) is 133 Å². The summed E-state index contributed by atoms with van der Waals surface area (Å²) in [4.78, 5) is 95.4. The second-order valence-corrected chi connectivity index (χ2v) is 40.4. The molecule has 15 fully saturated rings. The van der Waals surface area contributed by atoms with Crippen LogP contribution in [0.2, 0.25) is 0 Å². The lowest BCUT2D eigenvalue weighted by molar-refractivity contribution is -0.151. The van der Waals surface area contributed by atoms with Gasteiger partial charge in [-0.05, 0) is 259 Å². The van der Waals surface area contributed by atoms with Crippen LogP contribution in [0.15, 0.2) is 119 Å². The molecule has 18 heteroatoms. The number of aliphatic hydroxyl groups excluding tert-OH is 5. The summed E-state index contributed by atoms with van der Waals surface area (Å²) in [7, 11) is 0. The number of rotatable bonds is 11. The number of aldehydes is 1. The number of cyclic esters (lactones) is 5. The van der Waals surface area contributed by atoms with Crippen LogP contribution in [0.25, 0.3) is 0 Å². The Balaban J connectivity index is 0.000000144. The van der Waals surface area contributed by atoms with Crippen molar-refractivity contribution in [3.63, 3.8) is 0 Å². The van der Waals surface area contributed by atoms with E-state index in [0.717, 1.165) is 171 Å². The monoisotopic (exact) mass is 1620 g/mol. The molecule has 5 heterocycles. The molecule has 0 bridgehead atoms. The molecule has 28 atom stereocenters. The topological polar surface area (TPSA) is 284 Å². The molecule has 5 aliphatic heterocycles. The van der Waals surface area contributed by atoms with Gasteiger partial charge in [-0.15, -0.1) is 0 Å². The minimum Gasteiger partial charge on any atom is -0.462 e. The van der Waals surface area contributed by atoms with E-state index in [9.17, 15) is 63.9 Å². The van der Waals surface area contributed by atoms with Crippen molar-refractivity contribution in [2.75, 3.05) is 33.0 Å². The molecule has 5 saturated heterocycles. The van der Waals surface area contributed by atoms with E-state index in [1.54, 1.807) is 0 Å². The Hall–Kier alpha value is -6.44. The van der Waals surface area contributed by atoms with Crippen molar-refractivity contribution in [3.05, 3.63) is 119 Å². The van der Waals surface area contributed by atoms with E-state index in [2.05, 4.69) is 114 Å². The maximum absolute atomic E-state index is 12.5. The third kappa shape index (κ3) is 18.0. The van der Waals surface area contributed by atoms with Gasteiger partial charge < -0.3 is 54.0 Å². The lowest BCUT2D eigenvalue weighted by Crippen LogP contribution is -2.55. The number of carbonyl (C=O) groups is 8. The quantitative estimate of drug-likeness (QED) is 0.0321. The zero-order valence-corrected chi connectivity index (χ0v) is 73.0. The number of aliphatic hydroxyl groups is 5. The van der Waals surface area contributed by atoms with Crippen molar-refractivity contribution in [1.29, 1.82) is 0 Å². The fraction of sp³-hybridized carbons (Fsp3) is 0.717. The average molecular weight is 1620 g/mol. The van der Waals surface area contributed by atoms with E-state index >= 15 is 0 Å². The van der Waals surface area contributed by atoms with Crippen molar-refractivity contribution in [1.82, 2.24) is 0 Å². The number of ketones is 2. The number of allylic oxidation sites excluding steroid dienone is 10. The van der Waals surface area contributed by atoms with Gasteiger partial charge in [0.15, 0.2) is 0 Å². The van der Waals surface area contributed by atoms with Gasteiger partial charge in [-0.3, -0.25) is 9.59 Å². The highest BCUT2D eigenvalue weighted by Crippen LogP contribution is 2.64. The van der Waals surface area contributed by atoms with Crippen molar-refractivity contribution in [2.45, 2.75) is 281 Å². The maximum atomic E-state index is 12.5. The number of hydrogen-bond donors (Lipinski definition) is 5. The van der Waals surface area contributed by atoms with Crippen LogP contribution in [-0.4, -0.2) is 137 Å². The molecule has 15 rings (SSSR count). The van der Waals surface area contributed by atoms with E-state index in [0.29, 0.717) is 115 Å². The first-order valence-corrected chi connectivity index (χ1v) is 44.8. The van der Waals surface area contributed by atoms with Gasteiger partial charge in [-0.1, -0.05) is 174 Å². The van der Waals surface area contributed by atoms with Crippen molar-refractivity contribution < 1.29 is 87.6 Å². The Morgan fingerprint density at radius 3 is 0.915 bits per heavy atom. The SMILES string of the molecule is C=C1CC[C@@H]2[C@@H](C)C(=O)CC[C@@]2(C)[C@@H]1C/C=C1/C(=O)OC[C@H]1C.C=C1CC[C@@H]2[C@@H](C)C(O)CC[C@@]2(C)[C@@H]1C/C=C1/C(=O)OC[C@H]1C.C=C1CC[C@@H]2[C@@H](C)[C@@H](O)CC[C@@]2(C)[C@@H]1C/C=C1/C(=O)OC[C@H]1O.C=C1CC[C@@H]2[C@@H](C)[C@H](O)CC[C@@]2(C)[C@@H]1C/C=C1/C(=O)OC[C@H]1O.C=C1CC[C@H]2[C@@](C)(CCC(=O)[C@@]2(C)C=O)[C@@H]1C/C=C1/C(=O)OC[C@H]1C. The molecule has 0 spiro atoms. The number of esters is 5. The van der Waals surface area contributed by atoms with E-state index in [1.807, 2.05) is 39.0 Å². The Bertz CT molecular complexity index is 3780. The predicted octanol–water partition coefficient (Wildman–Crippen LogP) is 16.8. The first-order chi connectivity index (χ1) is 55.1. The number of carbonyl (C=O) groups excluding carboxylic acids is 8. The normalized spacial score (nSPS) is 44.7. The predicted molar refractivity (Wildman–Crippen MR) is 450 cm³/mol. The number of fused-ring (bicyclic) bond motifs is 5.